The maximum atomic E-state index is 13.4. The third-order valence-corrected chi connectivity index (χ3v) is 6.83. The molecule has 0 aliphatic carbocycles. The van der Waals surface area contributed by atoms with Crippen LogP contribution in [0.1, 0.15) is 32.8 Å². The van der Waals surface area contributed by atoms with Gasteiger partial charge in [-0.2, -0.15) is 0 Å². The summed E-state index contributed by atoms with van der Waals surface area (Å²) in [5, 5.41) is 3.81. The van der Waals surface area contributed by atoms with Gasteiger partial charge in [0.05, 0.1) is 11.9 Å². The molecule has 0 bridgehead atoms. The van der Waals surface area contributed by atoms with Crippen molar-refractivity contribution in [1.29, 1.82) is 0 Å². The van der Waals surface area contributed by atoms with E-state index in [0.29, 0.717) is 15.7 Å². The van der Waals surface area contributed by atoms with Crippen molar-refractivity contribution in [3.05, 3.63) is 64.1 Å². The minimum Gasteiger partial charge on any atom is -0.352 e. The normalized spacial score (nSPS) is 13.2. The van der Waals surface area contributed by atoms with E-state index in [4.69, 9.17) is 23.2 Å². The zero-order valence-corrected chi connectivity index (χ0v) is 21.4. The second-order valence-corrected chi connectivity index (χ2v) is 10.7. The van der Waals surface area contributed by atoms with Gasteiger partial charge in [-0.15, -0.1) is 0 Å². The van der Waals surface area contributed by atoms with Crippen molar-refractivity contribution in [3.8, 4) is 0 Å². The lowest BCUT2D eigenvalue weighted by Crippen LogP contribution is -2.52. The predicted octanol–water partition coefficient (Wildman–Crippen LogP) is 4.09. The van der Waals surface area contributed by atoms with Crippen molar-refractivity contribution < 1.29 is 18.0 Å². The summed E-state index contributed by atoms with van der Waals surface area (Å²) in [7, 11) is -3.79. The Morgan fingerprint density at radius 2 is 1.67 bits per heavy atom. The number of carbonyl (C=O) groups is 2. The first kappa shape index (κ1) is 27.0. The van der Waals surface area contributed by atoms with Gasteiger partial charge in [-0.25, -0.2) is 8.42 Å². The summed E-state index contributed by atoms with van der Waals surface area (Å²) in [6.07, 6.45) is 1.76. The van der Waals surface area contributed by atoms with Gasteiger partial charge < -0.3 is 10.2 Å². The number of benzene rings is 2. The third kappa shape index (κ3) is 7.91. The van der Waals surface area contributed by atoms with Crippen molar-refractivity contribution in [2.75, 3.05) is 17.1 Å². The number of nitrogens with zero attached hydrogens (tertiary/aromatic N) is 2. The van der Waals surface area contributed by atoms with Crippen LogP contribution in [-0.4, -0.2) is 50.0 Å². The maximum Gasteiger partial charge on any atom is 0.244 e. The lowest BCUT2D eigenvalue weighted by Gasteiger charge is -2.32. The van der Waals surface area contributed by atoms with Gasteiger partial charge in [-0.3, -0.25) is 13.9 Å². The van der Waals surface area contributed by atoms with Crippen LogP contribution in [0.3, 0.4) is 0 Å². The standard InChI is InChI=1S/C23H29Cl2N3O4S/c1-5-16(2)26-23(30)17(3)27(14-18-7-6-8-20(25)13-18)22(29)15-28(33(4,31)32)21-11-9-19(24)10-12-21/h6-13,16-17H,5,14-15H2,1-4H3,(H,26,30)/t16-,17-/m0/s1. The number of amides is 2. The van der Waals surface area contributed by atoms with Gasteiger partial charge in [0.1, 0.15) is 12.6 Å². The average molecular weight is 514 g/mol. The zero-order chi connectivity index (χ0) is 24.8. The van der Waals surface area contributed by atoms with Gasteiger partial charge in [0, 0.05) is 22.6 Å². The minimum atomic E-state index is -3.79. The smallest absolute Gasteiger partial charge is 0.244 e. The summed E-state index contributed by atoms with van der Waals surface area (Å²) in [6, 6.07) is 12.2. The number of nitrogens with one attached hydrogen (secondary N) is 1. The molecule has 0 radical (unpaired) electrons. The van der Waals surface area contributed by atoms with E-state index in [1.165, 1.54) is 17.0 Å². The number of rotatable bonds is 10. The van der Waals surface area contributed by atoms with Crippen LogP contribution in [-0.2, 0) is 26.2 Å². The third-order valence-electron chi connectivity index (χ3n) is 5.20. The Kier molecular flexibility index (Phi) is 9.57. The molecule has 2 aromatic rings. The highest BCUT2D eigenvalue weighted by Crippen LogP contribution is 2.22. The first-order valence-corrected chi connectivity index (χ1v) is 13.1. The summed E-state index contributed by atoms with van der Waals surface area (Å²) >= 11 is 12.0. The van der Waals surface area contributed by atoms with Crippen LogP contribution in [0.2, 0.25) is 10.0 Å². The summed E-state index contributed by atoms with van der Waals surface area (Å²) in [5.41, 5.74) is 1.02. The molecule has 2 amide bonds. The van der Waals surface area contributed by atoms with Gasteiger partial charge in [0.25, 0.3) is 0 Å². The van der Waals surface area contributed by atoms with E-state index in [1.54, 1.807) is 43.3 Å². The summed E-state index contributed by atoms with van der Waals surface area (Å²) in [6.45, 7) is 5.06. The second-order valence-electron chi connectivity index (χ2n) is 7.89. The van der Waals surface area contributed by atoms with Gasteiger partial charge in [-0.05, 0) is 62.2 Å². The fourth-order valence-electron chi connectivity index (χ4n) is 3.10. The molecule has 0 spiro atoms. The molecule has 0 saturated heterocycles. The number of halogens is 2. The van der Waals surface area contributed by atoms with E-state index >= 15 is 0 Å². The second kappa shape index (κ2) is 11.7. The van der Waals surface area contributed by atoms with Gasteiger partial charge in [-0.1, -0.05) is 42.3 Å². The zero-order valence-electron chi connectivity index (χ0n) is 19.1. The van der Waals surface area contributed by atoms with Crippen molar-refractivity contribution in [2.45, 2.75) is 45.8 Å². The number of sulfonamides is 1. The van der Waals surface area contributed by atoms with E-state index < -0.39 is 28.5 Å². The molecule has 0 unspecified atom stereocenters. The molecule has 0 saturated carbocycles. The van der Waals surface area contributed by atoms with Crippen LogP contribution < -0.4 is 9.62 Å². The molecule has 0 aliphatic heterocycles. The maximum absolute atomic E-state index is 13.4. The first-order chi connectivity index (χ1) is 15.4. The quantitative estimate of drug-likeness (QED) is 0.518. The van der Waals surface area contributed by atoms with Crippen LogP contribution in [0, 0.1) is 0 Å². The topological polar surface area (TPSA) is 86.8 Å². The molecular weight excluding hydrogens is 485 g/mol. The largest absolute Gasteiger partial charge is 0.352 e. The van der Waals surface area contributed by atoms with Crippen LogP contribution in [0.4, 0.5) is 5.69 Å². The highest BCUT2D eigenvalue weighted by Gasteiger charge is 2.30. The molecule has 0 heterocycles. The average Bonchev–Trinajstić information content (AvgIpc) is 2.75. The van der Waals surface area contributed by atoms with Crippen molar-refractivity contribution >= 4 is 50.7 Å². The lowest BCUT2D eigenvalue weighted by molar-refractivity contribution is -0.139. The molecule has 2 rings (SSSR count). The summed E-state index contributed by atoms with van der Waals surface area (Å²) in [4.78, 5) is 27.6. The number of hydrogen-bond acceptors (Lipinski definition) is 4. The fraction of sp³-hybridized carbons (Fsp3) is 0.391. The Balaban J connectivity index is 2.37. The number of hydrogen-bond donors (Lipinski definition) is 1. The van der Waals surface area contributed by atoms with Gasteiger partial charge in [0.2, 0.25) is 21.8 Å². The molecule has 180 valence electrons. The highest BCUT2D eigenvalue weighted by atomic mass is 35.5. The Hall–Kier alpha value is -2.29. The van der Waals surface area contributed by atoms with Crippen LogP contribution in [0.5, 0.6) is 0 Å². The van der Waals surface area contributed by atoms with Crippen LogP contribution in [0.25, 0.3) is 0 Å². The van der Waals surface area contributed by atoms with E-state index in [-0.39, 0.29) is 18.5 Å². The van der Waals surface area contributed by atoms with E-state index in [2.05, 4.69) is 5.32 Å². The molecule has 10 heteroatoms. The van der Waals surface area contributed by atoms with Crippen molar-refractivity contribution in [2.24, 2.45) is 0 Å². The molecule has 33 heavy (non-hydrogen) atoms. The van der Waals surface area contributed by atoms with E-state index in [0.717, 1.165) is 22.5 Å². The van der Waals surface area contributed by atoms with Crippen LogP contribution in [0.15, 0.2) is 48.5 Å². The van der Waals surface area contributed by atoms with Gasteiger partial charge in [0.15, 0.2) is 0 Å². The number of anilines is 1. The SMILES string of the molecule is CC[C@H](C)NC(=O)[C@H](C)N(Cc1cccc(Cl)c1)C(=O)CN(c1ccc(Cl)cc1)S(C)(=O)=O. The molecule has 0 fully saturated rings. The first-order valence-electron chi connectivity index (χ1n) is 10.5. The predicted molar refractivity (Wildman–Crippen MR) is 133 cm³/mol. The molecule has 1 N–H and O–H groups in total. The molecular formula is C23H29Cl2N3O4S. The van der Waals surface area contributed by atoms with E-state index in [9.17, 15) is 18.0 Å². The monoisotopic (exact) mass is 513 g/mol. The number of carbonyl (C=O) groups excluding carboxylic acids is 2. The lowest BCUT2D eigenvalue weighted by atomic mass is 10.1. The molecule has 0 aromatic heterocycles. The molecule has 7 nitrogen and oxygen atoms in total. The summed E-state index contributed by atoms with van der Waals surface area (Å²) < 4.78 is 26.0. The Bertz CT molecular complexity index is 1080. The Labute approximate surface area is 205 Å². The van der Waals surface area contributed by atoms with Gasteiger partial charge >= 0.3 is 0 Å². The highest BCUT2D eigenvalue weighted by molar-refractivity contribution is 7.92. The molecule has 2 aromatic carbocycles. The Morgan fingerprint density at radius 1 is 1.03 bits per heavy atom. The van der Waals surface area contributed by atoms with E-state index in [1.807, 2.05) is 13.8 Å². The van der Waals surface area contributed by atoms with Crippen LogP contribution >= 0.6 is 23.2 Å². The molecule has 2 atom stereocenters. The van der Waals surface area contributed by atoms with Crippen molar-refractivity contribution in [3.63, 3.8) is 0 Å². The molecule has 0 aliphatic rings. The van der Waals surface area contributed by atoms with Crippen molar-refractivity contribution in [1.82, 2.24) is 10.2 Å². The summed E-state index contributed by atoms with van der Waals surface area (Å²) in [5.74, 6) is -0.848. The fourth-order valence-corrected chi connectivity index (χ4v) is 4.29. The Morgan fingerprint density at radius 3 is 2.21 bits per heavy atom. The minimum absolute atomic E-state index is 0.0651.